The third-order valence-corrected chi connectivity index (χ3v) is 3.91. The average molecular weight is 214 g/mol. The molecule has 3 heteroatoms. The number of amides is 1. The van der Waals surface area contributed by atoms with Crippen LogP contribution >= 0.6 is 11.6 Å². The minimum atomic E-state index is -0.107. The largest absolute Gasteiger partial charge is 0.338 e. The summed E-state index contributed by atoms with van der Waals surface area (Å²) in [5.41, 5.74) is 0. The third kappa shape index (κ3) is 1.56. The van der Waals surface area contributed by atoms with E-state index in [1.54, 1.807) is 4.90 Å². The van der Waals surface area contributed by atoms with E-state index in [2.05, 4.69) is 6.58 Å². The molecule has 3 atom stereocenters. The Morgan fingerprint density at radius 3 is 2.57 bits per heavy atom. The summed E-state index contributed by atoms with van der Waals surface area (Å²) >= 11 is 5.62. The van der Waals surface area contributed by atoms with Crippen molar-refractivity contribution in [2.75, 3.05) is 7.05 Å². The summed E-state index contributed by atoms with van der Waals surface area (Å²) in [5, 5.41) is 0.135. The molecule has 3 unspecified atom stereocenters. The molecule has 0 aliphatic heterocycles. The third-order valence-electron chi connectivity index (χ3n) is 3.75. The summed E-state index contributed by atoms with van der Waals surface area (Å²) in [6.07, 6.45) is 5.10. The van der Waals surface area contributed by atoms with Gasteiger partial charge < -0.3 is 4.90 Å². The zero-order chi connectivity index (χ0) is 10.3. The Morgan fingerprint density at radius 1 is 1.43 bits per heavy atom. The molecule has 0 heterocycles. The van der Waals surface area contributed by atoms with E-state index < -0.39 is 0 Å². The highest BCUT2D eigenvalue weighted by molar-refractivity contribution is 6.41. The predicted molar refractivity (Wildman–Crippen MR) is 57.0 cm³/mol. The van der Waals surface area contributed by atoms with Crippen molar-refractivity contribution >= 4 is 17.5 Å². The van der Waals surface area contributed by atoms with Crippen molar-refractivity contribution in [2.45, 2.75) is 31.7 Å². The van der Waals surface area contributed by atoms with Crippen molar-refractivity contribution in [2.24, 2.45) is 11.8 Å². The van der Waals surface area contributed by atoms with Crippen molar-refractivity contribution < 1.29 is 4.79 Å². The molecule has 2 fully saturated rings. The van der Waals surface area contributed by atoms with Gasteiger partial charge in [0, 0.05) is 13.1 Å². The van der Waals surface area contributed by atoms with Crippen LogP contribution in [0.15, 0.2) is 11.6 Å². The first-order chi connectivity index (χ1) is 6.59. The Morgan fingerprint density at radius 2 is 2.14 bits per heavy atom. The Balaban J connectivity index is 2.02. The van der Waals surface area contributed by atoms with Gasteiger partial charge in [0.05, 0.1) is 5.03 Å². The number of likely N-dealkylation sites (N-methyl/N-ethyl adjacent to an activating group) is 1. The molecule has 2 aliphatic carbocycles. The van der Waals surface area contributed by atoms with Gasteiger partial charge >= 0.3 is 0 Å². The van der Waals surface area contributed by atoms with Crippen LogP contribution in [0.5, 0.6) is 0 Å². The van der Waals surface area contributed by atoms with Gasteiger partial charge in [-0.25, -0.2) is 0 Å². The highest BCUT2D eigenvalue weighted by Gasteiger charge is 2.42. The van der Waals surface area contributed by atoms with Crippen molar-refractivity contribution in [3.63, 3.8) is 0 Å². The minimum absolute atomic E-state index is 0.107. The SMILES string of the molecule is C=C(Cl)C(=O)N(C)C1CC2CCC1C2. The second-order valence-corrected chi connectivity index (χ2v) is 5.02. The topological polar surface area (TPSA) is 20.3 Å². The first-order valence-electron chi connectivity index (χ1n) is 5.21. The van der Waals surface area contributed by atoms with Crippen LogP contribution < -0.4 is 0 Å². The quantitative estimate of drug-likeness (QED) is 0.645. The number of carbonyl (C=O) groups excluding carboxylic acids is 1. The molecule has 0 radical (unpaired) electrons. The molecular formula is C11H16ClNO. The van der Waals surface area contributed by atoms with Gasteiger partial charge in [-0.15, -0.1) is 0 Å². The molecule has 2 saturated carbocycles. The van der Waals surface area contributed by atoms with Gasteiger partial charge in [0.25, 0.3) is 5.91 Å². The summed E-state index contributed by atoms with van der Waals surface area (Å²) in [7, 11) is 1.85. The Labute approximate surface area is 89.9 Å². The molecule has 0 aromatic carbocycles. The van der Waals surface area contributed by atoms with Crippen LogP contribution in [-0.4, -0.2) is 23.9 Å². The van der Waals surface area contributed by atoms with Crippen LogP contribution in [0, 0.1) is 11.8 Å². The standard InChI is InChI=1S/C11H16ClNO/c1-7(12)11(14)13(2)10-6-8-3-4-9(10)5-8/h8-10H,1,3-6H2,2H3. The number of hydrogen-bond acceptors (Lipinski definition) is 1. The van der Waals surface area contributed by atoms with Crippen molar-refractivity contribution in [1.29, 1.82) is 0 Å². The number of halogens is 1. The fraction of sp³-hybridized carbons (Fsp3) is 0.727. The van der Waals surface area contributed by atoms with Gasteiger partial charge in [0.1, 0.15) is 0 Å². The molecule has 78 valence electrons. The molecule has 14 heavy (non-hydrogen) atoms. The lowest BCUT2D eigenvalue weighted by atomic mass is 9.94. The van der Waals surface area contributed by atoms with E-state index in [9.17, 15) is 4.79 Å². The van der Waals surface area contributed by atoms with Crippen LogP contribution in [0.2, 0.25) is 0 Å². The smallest absolute Gasteiger partial charge is 0.264 e. The second-order valence-electron chi connectivity index (χ2n) is 4.56. The monoisotopic (exact) mass is 213 g/mol. The van der Waals surface area contributed by atoms with E-state index >= 15 is 0 Å². The van der Waals surface area contributed by atoms with Gasteiger partial charge in [0.15, 0.2) is 0 Å². The fourth-order valence-corrected chi connectivity index (χ4v) is 3.16. The molecule has 2 nitrogen and oxygen atoms in total. The molecule has 2 rings (SSSR count). The number of rotatable bonds is 2. The summed E-state index contributed by atoms with van der Waals surface area (Å²) in [6, 6.07) is 0.414. The lowest BCUT2D eigenvalue weighted by Crippen LogP contribution is -2.40. The van der Waals surface area contributed by atoms with Crippen LogP contribution in [0.1, 0.15) is 25.7 Å². The number of hydrogen-bond donors (Lipinski definition) is 0. The molecule has 0 saturated heterocycles. The van der Waals surface area contributed by atoms with Gasteiger partial charge in [-0.05, 0) is 31.1 Å². The molecule has 0 spiro atoms. The Kier molecular flexibility index (Phi) is 2.56. The zero-order valence-corrected chi connectivity index (χ0v) is 9.26. The number of nitrogens with zero attached hydrogens (tertiary/aromatic N) is 1. The van der Waals surface area contributed by atoms with E-state index in [-0.39, 0.29) is 10.9 Å². The summed E-state index contributed by atoms with van der Waals surface area (Å²) < 4.78 is 0. The van der Waals surface area contributed by atoms with E-state index in [4.69, 9.17) is 11.6 Å². The van der Waals surface area contributed by atoms with Crippen molar-refractivity contribution in [3.05, 3.63) is 11.6 Å². The average Bonchev–Trinajstić information content (AvgIpc) is 2.76. The van der Waals surface area contributed by atoms with Gasteiger partial charge in [-0.1, -0.05) is 24.6 Å². The second kappa shape index (κ2) is 3.58. The first-order valence-corrected chi connectivity index (χ1v) is 5.59. The summed E-state index contributed by atoms with van der Waals surface area (Å²) in [5.74, 6) is 1.46. The Hall–Kier alpha value is -0.500. The Bertz CT molecular complexity index is 276. The highest BCUT2D eigenvalue weighted by atomic mass is 35.5. The summed E-state index contributed by atoms with van der Waals surface area (Å²) in [6.45, 7) is 3.48. The van der Waals surface area contributed by atoms with Crippen molar-refractivity contribution in [3.8, 4) is 0 Å². The fourth-order valence-electron chi connectivity index (χ4n) is 3.03. The molecule has 0 aromatic heterocycles. The molecule has 2 bridgehead atoms. The maximum Gasteiger partial charge on any atom is 0.264 e. The predicted octanol–water partition coefficient (Wildman–Crippen LogP) is 2.39. The molecular weight excluding hydrogens is 198 g/mol. The van der Waals surface area contributed by atoms with Crippen LogP contribution in [0.4, 0.5) is 0 Å². The minimum Gasteiger partial charge on any atom is -0.338 e. The number of fused-ring (bicyclic) bond motifs is 2. The van der Waals surface area contributed by atoms with Crippen LogP contribution in [0.3, 0.4) is 0 Å². The van der Waals surface area contributed by atoms with Gasteiger partial charge in [0.2, 0.25) is 0 Å². The van der Waals surface area contributed by atoms with E-state index in [0.717, 1.165) is 12.3 Å². The molecule has 0 aromatic rings. The maximum absolute atomic E-state index is 11.6. The lowest BCUT2D eigenvalue weighted by molar-refractivity contribution is -0.128. The maximum atomic E-state index is 11.6. The molecule has 2 aliphatic rings. The zero-order valence-electron chi connectivity index (χ0n) is 8.50. The molecule has 1 amide bonds. The van der Waals surface area contributed by atoms with E-state index in [1.165, 1.54) is 19.3 Å². The lowest BCUT2D eigenvalue weighted by Gasteiger charge is -2.31. The van der Waals surface area contributed by atoms with E-state index in [0.29, 0.717) is 12.0 Å². The first kappa shape index (κ1) is 10.0. The van der Waals surface area contributed by atoms with Crippen LogP contribution in [0.25, 0.3) is 0 Å². The van der Waals surface area contributed by atoms with Gasteiger partial charge in [-0.2, -0.15) is 0 Å². The molecule has 0 N–H and O–H groups in total. The van der Waals surface area contributed by atoms with E-state index in [1.807, 2.05) is 7.05 Å². The highest BCUT2D eigenvalue weighted by Crippen LogP contribution is 2.46. The summed E-state index contributed by atoms with van der Waals surface area (Å²) in [4.78, 5) is 13.4. The van der Waals surface area contributed by atoms with Gasteiger partial charge in [-0.3, -0.25) is 4.79 Å². The van der Waals surface area contributed by atoms with Crippen LogP contribution in [-0.2, 0) is 4.79 Å². The van der Waals surface area contributed by atoms with Crippen molar-refractivity contribution in [1.82, 2.24) is 4.90 Å². The normalized spacial score (nSPS) is 34.6. The number of carbonyl (C=O) groups is 1.